The maximum absolute atomic E-state index is 9.43. The van der Waals surface area contributed by atoms with Gasteiger partial charge in [-0.3, -0.25) is 0 Å². The zero-order valence-corrected chi connectivity index (χ0v) is 3.88. The summed E-state index contributed by atoms with van der Waals surface area (Å²) in [6, 6.07) is 1.66. The number of nitrogens with zero attached hydrogens (tertiary/aromatic N) is 2. The van der Waals surface area contributed by atoms with Crippen LogP contribution in [0, 0.1) is 16.2 Å². The summed E-state index contributed by atoms with van der Waals surface area (Å²) >= 11 is 0. The van der Waals surface area contributed by atoms with E-state index in [1.165, 1.54) is 6.92 Å². The van der Waals surface area contributed by atoms with Gasteiger partial charge < -0.3 is 0 Å². The fourth-order valence-electron chi connectivity index (χ4n) is 0.120. The average molecular weight is 96.1 g/mol. The van der Waals surface area contributed by atoms with Crippen LogP contribution in [0.15, 0.2) is 16.9 Å². The van der Waals surface area contributed by atoms with Gasteiger partial charge in [0.15, 0.2) is 0 Å². The van der Waals surface area contributed by atoms with Crippen LogP contribution in [0.4, 0.5) is 0 Å². The molecule has 7 heavy (non-hydrogen) atoms. The van der Waals surface area contributed by atoms with Crippen LogP contribution in [-0.2, 0) is 0 Å². The van der Waals surface area contributed by atoms with Gasteiger partial charge in [0.1, 0.15) is 0 Å². The van der Waals surface area contributed by atoms with Crippen LogP contribution in [-0.4, -0.2) is 0 Å². The van der Waals surface area contributed by atoms with Crippen LogP contribution in [0.1, 0.15) is 6.92 Å². The van der Waals surface area contributed by atoms with Crippen LogP contribution in [0.25, 0.3) is 0 Å². The standard InChI is InChI=1S/C4H4N2O/c1-4(6-7)2-3-5/h2H,1H3/b4-2-. The predicted molar refractivity (Wildman–Crippen MR) is 25.2 cm³/mol. The number of hydrogen-bond acceptors (Lipinski definition) is 3. The van der Waals surface area contributed by atoms with Gasteiger partial charge in [-0.05, 0) is 12.1 Å². The number of nitroso groups, excluding NO2 is 1. The number of nitriles is 1. The molecule has 0 saturated carbocycles. The first kappa shape index (κ1) is 5.83. The minimum absolute atomic E-state index is 0.211. The Morgan fingerprint density at radius 1 is 2.00 bits per heavy atom. The molecule has 0 radical (unpaired) electrons. The Hall–Kier alpha value is -1.17. The smallest absolute Gasteiger partial charge is 0.0932 e. The summed E-state index contributed by atoms with van der Waals surface area (Å²) < 4.78 is 0. The average Bonchev–Trinajstić information content (AvgIpc) is 1.68. The molecule has 0 N–H and O–H groups in total. The summed E-state index contributed by atoms with van der Waals surface area (Å²) in [4.78, 5) is 9.43. The van der Waals surface area contributed by atoms with Crippen molar-refractivity contribution in [2.24, 2.45) is 5.18 Å². The highest BCUT2D eigenvalue weighted by Gasteiger charge is 1.77. The molecule has 0 aliphatic heterocycles. The molecule has 0 saturated heterocycles. The zero-order valence-electron chi connectivity index (χ0n) is 3.88. The van der Waals surface area contributed by atoms with Gasteiger partial charge in [-0.2, -0.15) is 5.26 Å². The van der Waals surface area contributed by atoms with Crippen molar-refractivity contribution in [1.82, 2.24) is 0 Å². The van der Waals surface area contributed by atoms with Crippen molar-refractivity contribution < 1.29 is 0 Å². The van der Waals surface area contributed by atoms with Crippen molar-refractivity contribution >= 4 is 0 Å². The Bertz CT molecular complexity index is 131. The third-order valence-corrected chi connectivity index (χ3v) is 0.417. The van der Waals surface area contributed by atoms with E-state index in [9.17, 15) is 4.91 Å². The fourth-order valence-corrected chi connectivity index (χ4v) is 0.120. The summed E-state index contributed by atoms with van der Waals surface area (Å²) in [6.45, 7) is 1.47. The quantitative estimate of drug-likeness (QED) is 0.363. The minimum Gasteiger partial charge on any atom is -0.193 e. The Morgan fingerprint density at radius 2 is 2.57 bits per heavy atom. The molecular formula is C4H4N2O. The molecule has 0 spiro atoms. The Labute approximate surface area is 41.2 Å². The summed E-state index contributed by atoms with van der Waals surface area (Å²) in [7, 11) is 0. The lowest BCUT2D eigenvalue weighted by molar-refractivity contribution is 1.29. The Morgan fingerprint density at radius 3 is 2.71 bits per heavy atom. The first-order chi connectivity index (χ1) is 3.31. The van der Waals surface area contributed by atoms with Crippen molar-refractivity contribution in [1.29, 1.82) is 5.26 Å². The molecule has 3 heteroatoms. The highest BCUT2D eigenvalue weighted by atomic mass is 16.3. The Kier molecular flexibility index (Phi) is 2.53. The van der Waals surface area contributed by atoms with Gasteiger partial charge in [0, 0.05) is 6.08 Å². The predicted octanol–water partition coefficient (Wildman–Crippen LogP) is 1.18. The highest BCUT2D eigenvalue weighted by molar-refractivity contribution is 5.09. The number of allylic oxidation sites excluding steroid dienone is 2. The van der Waals surface area contributed by atoms with E-state index in [0.717, 1.165) is 6.08 Å². The van der Waals surface area contributed by atoms with E-state index in [1.54, 1.807) is 6.07 Å². The van der Waals surface area contributed by atoms with Crippen molar-refractivity contribution in [2.45, 2.75) is 6.92 Å². The van der Waals surface area contributed by atoms with Gasteiger partial charge in [-0.15, -0.1) is 4.91 Å². The first-order valence-corrected chi connectivity index (χ1v) is 1.71. The van der Waals surface area contributed by atoms with E-state index in [4.69, 9.17) is 5.26 Å². The van der Waals surface area contributed by atoms with Gasteiger partial charge in [0.25, 0.3) is 0 Å². The first-order valence-electron chi connectivity index (χ1n) is 1.71. The van der Waals surface area contributed by atoms with Crippen LogP contribution in [0.5, 0.6) is 0 Å². The van der Waals surface area contributed by atoms with Crippen LogP contribution in [0.2, 0.25) is 0 Å². The maximum atomic E-state index is 9.43. The van der Waals surface area contributed by atoms with Gasteiger partial charge in [0.2, 0.25) is 0 Å². The molecule has 0 aromatic heterocycles. The van der Waals surface area contributed by atoms with Crippen molar-refractivity contribution in [2.75, 3.05) is 0 Å². The van der Waals surface area contributed by atoms with E-state index >= 15 is 0 Å². The van der Waals surface area contributed by atoms with Gasteiger partial charge >= 0.3 is 0 Å². The van der Waals surface area contributed by atoms with Gasteiger partial charge in [0.05, 0.1) is 11.8 Å². The summed E-state index contributed by atoms with van der Waals surface area (Å²) in [5, 5.41) is 10.3. The third kappa shape index (κ3) is 2.64. The second kappa shape index (κ2) is 3.04. The van der Waals surface area contributed by atoms with E-state index in [0.29, 0.717) is 0 Å². The number of hydrogen-bond donors (Lipinski definition) is 0. The fraction of sp³-hybridized carbons (Fsp3) is 0.250. The third-order valence-electron chi connectivity index (χ3n) is 0.417. The van der Waals surface area contributed by atoms with Crippen molar-refractivity contribution in [3.63, 3.8) is 0 Å². The lowest BCUT2D eigenvalue weighted by Crippen LogP contribution is -1.59. The van der Waals surface area contributed by atoms with Gasteiger partial charge in [-0.25, -0.2) is 0 Å². The van der Waals surface area contributed by atoms with Gasteiger partial charge in [-0.1, -0.05) is 0 Å². The molecule has 0 fully saturated rings. The van der Waals surface area contributed by atoms with E-state index in [1.807, 2.05) is 0 Å². The molecule has 36 valence electrons. The molecule has 0 amide bonds. The normalized spacial score (nSPS) is 10.0. The monoisotopic (exact) mass is 96.0 g/mol. The molecule has 0 aromatic carbocycles. The summed E-state index contributed by atoms with van der Waals surface area (Å²) in [5.41, 5.74) is 0.211. The lowest BCUT2D eigenvalue weighted by Gasteiger charge is -1.70. The molecular weight excluding hydrogens is 92.1 g/mol. The van der Waals surface area contributed by atoms with E-state index in [-0.39, 0.29) is 5.70 Å². The molecule has 0 bridgehead atoms. The summed E-state index contributed by atoms with van der Waals surface area (Å²) in [6.07, 6.45) is 1.09. The minimum atomic E-state index is 0.211. The zero-order chi connectivity index (χ0) is 5.70. The number of rotatable bonds is 1. The summed E-state index contributed by atoms with van der Waals surface area (Å²) in [5.74, 6) is 0. The van der Waals surface area contributed by atoms with Crippen molar-refractivity contribution in [3.8, 4) is 6.07 Å². The molecule has 0 heterocycles. The van der Waals surface area contributed by atoms with E-state index in [2.05, 4.69) is 5.18 Å². The molecule has 3 nitrogen and oxygen atoms in total. The molecule has 0 unspecified atom stereocenters. The molecule has 0 rings (SSSR count). The molecule has 0 aromatic rings. The molecule has 0 aliphatic carbocycles. The highest BCUT2D eigenvalue weighted by Crippen LogP contribution is 1.88. The maximum Gasteiger partial charge on any atom is 0.0932 e. The topological polar surface area (TPSA) is 53.2 Å². The van der Waals surface area contributed by atoms with E-state index < -0.39 is 0 Å². The SMILES string of the molecule is C/C(=C/C#N)N=O. The van der Waals surface area contributed by atoms with Crippen LogP contribution < -0.4 is 0 Å². The molecule has 0 atom stereocenters. The second-order valence-electron chi connectivity index (χ2n) is 1.01. The Balaban J connectivity index is 3.80. The van der Waals surface area contributed by atoms with Crippen LogP contribution in [0.3, 0.4) is 0 Å². The lowest BCUT2D eigenvalue weighted by atomic mass is 10.5. The van der Waals surface area contributed by atoms with Crippen molar-refractivity contribution in [3.05, 3.63) is 16.7 Å². The second-order valence-corrected chi connectivity index (χ2v) is 1.01. The van der Waals surface area contributed by atoms with Crippen LogP contribution >= 0.6 is 0 Å². The largest absolute Gasteiger partial charge is 0.193 e. The molecule has 0 aliphatic rings.